The molecule has 28 heavy (non-hydrogen) atoms. The van der Waals surface area contributed by atoms with Crippen molar-refractivity contribution < 1.29 is 14.4 Å². The molecule has 1 saturated heterocycles. The molecular weight excluding hydrogens is 354 g/mol. The number of carbonyl (C=O) groups excluding carboxylic acids is 3. The van der Waals surface area contributed by atoms with E-state index < -0.39 is 6.04 Å². The lowest BCUT2D eigenvalue weighted by atomic mass is 9.88. The first-order chi connectivity index (χ1) is 13.3. The van der Waals surface area contributed by atoms with Crippen molar-refractivity contribution in [3.63, 3.8) is 0 Å². The van der Waals surface area contributed by atoms with Crippen LogP contribution in [0.4, 0.5) is 0 Å². The second-order valence-electron chi connectivity index (χ2n) is 7.93. The molecule has 1 aromatic carbocycles. The Hall–Kier alpha value is -2.37. The summed E-state index contributed by atoms with van der Waals surface area (Å²) in [4.78, 5) is 39.5. The Kier molecular flexibility index (Phi) is 8.03. The second-order valence-corrected chi connectivity index (χ2v) is 7.93. The van der Waals surface area contributed by atoms with Gasteiger partial charge in [-0.2, -0.15) is 0 Å². The molecule has 1 aliphatic rings. The lowest BCUT2D eigenvalue weighted by Crippen LogP contribution is -2.55. The molecule has 0 spiro atoms. The first-order valence-electron chi connectivity index (χ1n) is 10.3. The smallest absolute Gasteiger partial charge is 0.251 e. The van der Waals surface area contributed by atoms with E-state index in [1.54, 1.807) is 24.3 Å². The molecule has 0 bridgehead atoms. The third-order valence-corrected chi connectivity index (χ3v) is 5.64. The quantitative estimate of drug-likeness (QED) is 0.755. The molecule has 1 fully saturated rings. The Morgan fingerprint density at radius 3 is 2.18 bits per heavy atom. The van der Waals surface area contributed by atoms with Gasteiger partial charge in [-0.25, -0.2) is 0 Å². The van der Waals surface area contributed by atoms with Crippen LogP contribution < -0.4 is 10.6 Å². The minimum atomic E-state index is -0.604. The Balaban J connectivity index is 2.11. The molecule has 2 N–H and O–H groups in total. The number of nitrogens with zero attached hydrogens (tertiary/aromatic N) is 1. The summed E-state index contributed by atoms with van der Waals surface area (Å²) in [6.07, 6.45) is 1.90. The van der Waals surface area contributed by atoms with Gasteiger partial charge in [-0.3, -0.25) is 14.4 Å². The molecule has 1 aromatic rings. The number of piperidine rings is 1. The van der Waals surface area contributed by atoms with Gasteiger partial charge in [-0.05, 0) is 43.7 Å². The van der Waals surface area contributed by atoms with Crippen molar-refractivity contribution in [1.29, 1.82) is 0 Å². The van der Waals surface area contributed by atoms with E-state index in [1.807, 2.05) is 24.8 Å². The zero-order valence-corrected chi connectivity index (χ0v) is 17.4. The van der Waals surface area contributed by atoms with Crippen molar-refractivity contribution >= 4 is 17.7 Å². The summed E-state index contributed by atoms with van der Waals surface area (Å²) < 4.78 is 0. The van der Waals surface area contributed by atoms with Crippen LogP contribution in [0.3, 0.4) is 0 Å². The SMILES string of the molecule is CCC(=O)N1CCC([C@H](NC(=O)c2ccccc2)C(=O)N[C@@H](C)C(C)C)CC1. The predicted molar refractivity (Wildman–Crippen MR) is 110 cm³/mol. The third-order valence-electron chi connectivity index (χ3n) is 5.64. The molecule has 0 aromatic heterocycles. The summed E-state index contributed by atoms with van der Waals surface area (Å²) in [7, 11) is 0. The highest BCUT2D eigenvalue weighted by Crippen LogP contribution is 2.22. The maximum atomic E-state index is 13.0. The summed E-state index contributed by atoms with van der Waals surface area (Å²) in [5.74, 6) is 0.0587. The first kappa shape index (κ1) is 21.9. The standard InChI is InChI=1S/C22H33N3O3/c1-5-19(26)25-13-11-17(12-14-25)20(22(28)23-16(4)15(2)3)24-21(27)18-9-7-6-8-10-18/h6-10,15-17,20H,5,11-14H2,1-4H3,(H,23,28)(H,24,27)/t16-,20-/m0/s1. The zero-order chi connectivity index (χ0) is 20.7. The van der Waals surface area contributed by atoms with Crippen LogP contribution in [0.2, 0.25) is 0 Å². The maximum Gasteiger partial charge on any atom is 0.251 e. The highest BCUT2D eigenvalue weighted by Gasteiger charge is 2.34. The van der Waals surface area contributed by atoms with E-state index in [1.165, 1.54) is 0 Å². The van der Waals surface area contributed by atoms with E-state index >= 15 is 0 Å². The minimum absolute atomic E-state index is 0.00734. The molecule has 154 valence electrons. The van der Waals surface area contributed by atoms with E-state index in [0.717, 1.165) is 0 Å². The van der Waals surface area contributed by atoms with Crippen LogP contribution in [0.5, 0.6) is 0 Å². The number of benzene rings is 1. The van der Waals surface area contributed by atoms with Gasteiger partial charge in [0.15, 0.2) is 0 Å². The van der Waals surface area contributed by atoms with Crippen LogP contribution in [0.1, 0.15) is 57.3 Å². The van der Waals surface area contributed by atoms with Gasteiger partial charge in [0.2, 0.25) is 11.8 Å². The molecule has 6 heteroatoms. The number of carbonyl (C=O) groups is 3. The summed E-state index contributed by atoms with van der Waals surface area (Å²) in [6.45, 7) is 9.19. The molecule has 1 aliphatic heterocycles. The average Bonchev–Trinajstić information content (AvgIpc) is 2.71. The van der Waals surface area contributed by atoms with Crippen LogP contribution in [0.15, 0.2) is 30.3 Å². The monoisotopic (exact) mass is 387 g/mol. The van der Waals surface area contributed by atoms with Gasteiger partial charge in [0.05, 0.1) is 0 Å². The molecule has 2 rings (SSSR count). The average molecular weight is 388 g/mol. The molecule has 0 saturated carbocycles. The van der Waals surface area contributed by atoms with Gasteiger partial charge in [-0.1, -0.05) is 39.0 Å². The highest BCUT2D eigenvalue weighted by molar-refractivity contribution is 5.97. The molecule has 0 unspecified atom stereocenters. The molecule has 0 radical (unpaired) electrons. The molecule has 0 aliphatic carbocycles. The molecule has 3 amide bonds. The highest BCUT2D eigenvalue weighted by atomic mass is 16.2. The summed E-state index contributed by atoms with van der Waals surface area (Å²) in [6, 6.07) is 8.36. The van der Waals surface area contributed by atoms with Crippen LogP contribution in [0.25, 0.3) is 0 Å². The molecule has 1 heterocycles. The van der Waals surface area contributed by atoms with Crippen LogP contribution >= 0.6 is 0 Å². The summed E-state index contributed by atoms with van der Waals surface area (Å²) in [5.41, 5.74) is 0.538. The van der Waals surface area contributed by atoms with Crippen molar-refractivity contribution in [2.24, 2.45) is 11.8 Å². The molecule has 6 nitrogen and oxygen atoms in total. The Labute approximate surface area is 168 Å². The molecular formula is C22H33N3O3. The fourth-order valence-electron chi connectivity index (χ4n) is 3.40. The lowest BCUT2D eigenvalue weighted by Gasteiger charge is -2.36. The predicted octanol–water partition coefficient (Wildman–Crippen LogP) is 2.59. The number of likely N-dealkylation sites (tertiary alicyclic amines) is 1. The van der Waals surface area contributed by atoms with E-state index in [-0.39, 0.29) is 29.7 Å². The fraction of sp³-hybridized carbons (Fsp3) is 0.591. The number of nitrogens with one attached hydrogen (secondary N) is 2. The third kappa shape index (κ3) is 5.81. The van der Waals surface area contributed by atoms with Crippen LogP contribution in [-0.2, 0) is 9.59 Å². The van der Waals surface area contributed by atoms with Crippen LogP contribution in [0, 0.1) is 11.8 Å². The Bertz CT molecular complexity index is 667. The topological polar surface area (TPSA) is 78.5 Å². The number of hydrogen-bond acceptors (Lipinski definition) is 3. The Morgan fingerprint density at radius 2 is 1.64 bits per heavy atom. The van der Waals surface area contributed by atoms with Gasteiger partial charge in [0.1, 0.15) is 6.04 Å². The van der Waals surface area contributed by atoms with E-state index in [4.69, 9.17) is 0 Å². The first-order valence-corrected chi connectivity index (χ1v) is 10.3. The molecule has 2 atom stereocenters. The van der Waals surface area contributed by atoms with Crippen molar-refractivity contribution in [2.45, 2.75) is 59.0 Å². The largest absolute Gasteiger partial charge is 0.352 e. The normalized spacial score (nSPS) is 17.1. The van der Waals surface area contributed by atoms with Crippen LogP contribution in [-0.4, -0.2) is 47.8 Å². The maximum absolute atomic E-state index is 13.0. The number of hydrogen-bond donors (Lipinski definition) is 2. The van der Waals surface area contributed by atoms with Gasteiger partial charge in [0, 0.05) is 31.1 Å². The number of amides is 3. The Morgan fingerprint density at radius 1 is 1.04 bits per heavy atom. The van der Waals surface area contributed by atoms with Crippen molar-refractivity contribution in [1.82, 2.24) is 15.5 Å². The summed E-state index contributed by atoms with van der Waals surface area (Å²) >= 11 is 0. The van der Waals surface area contributed by atoms with E-state index in [9.17, 15) is 14.4 Å². The number of rotatable bonds is 7. The fourth-order valence-corrected chi connectivity index (χ4v) is 3.40. The van der Waals surface area contributed by atoms with Gasteiger partial charge >= 0.3 is 0 Å². The van der Waals surface area contributed by atoms with Gasteiger partial charge in [-0.15, -0.1) is 0 Å². The van der Waals surface area contributed by atoms with Gasteiger partial charge < -0.3 is 15.5 Å². The lowest BCUT2D eigenvalue weighted by molar-refractivity contribution is -0.132. The van der Waals surface area contributed by atoms with Crippen molar-refractivity contribution in [3.8, 4) is 0 Å². The summed E-state index contributed by atoms with van der Waals surface area (Å²) in [5, 5.41) is 6.00. The van der Waals surface area contributed by atoms with E-state index in [0.29, 0.717) is 43.8 Å². The second kappa shape index (κ2) is 10.2. The van der Waals surface area contributed by atoms with Crippen molar-refractivity contribution in [3.05, 3.63) is 35.9 Å². The van der Waals surface area contributed by atoms with Gasteiger partial charge in [0.25, 0.3) is 5.91 Å². The van der Waals surface area contributed by atoms with E-state index in [2.05, 4.69) is 24.5 Å². The van der Waals surface area contributed by atoms with Crippen molar-refractivity contribution in [2.75, 3.05) is 13.1 Å². The zero-order valence-electron chi connectivity index (χ0n) is 17.4. The minimum Gasteiger partial charge on any atom is -0.352 e.